The Morgan fingerprint density at radius 2 is 1.95 bits per heavy atom. The molecule has 0 saturated heterocycles. The van der Waals surface area contributed by atoms with Crippen molar-refractivity contribution in [2.75, 3.05) is 11.9 Å². The summed E-state index contributed by atoms with van der Waals surface area (Å²) in [5.41, 5.74) is 1.56. The molecule has 110 valence electrons. The number of aliphatic hydroxyl groups excluding tert-OH is 1. The van der Waals surface area contributed by atoms with Crippen LogP contribution in [0.4, 0.5) is 5.69 Å². The second-order valence-corrected chi connectivity index (χ2v) is 5.21. The van der Waals surface area contributed by atoms with Crippen LogP contribution in [0.1, 0.15) is 32.4 Å². The number of carbonyl (C=O) groups excluding carboxylic acids is 1. The van der Waals surface area contributed by atoms with Crippen LogP contribution in [0.15, 0.2) is 36.9 Å². The highest BCUT2D eigenvalue weighted by Gasteiger charge is 2.23. The first-order valence-electron chi connectivity index (χ1n) is 6.85. The number of hydrogen-bond donors (Lipinski definition) is 3. The Hall–Kier alpha value is -1.65. The minimum absolute atomic E-state index is 0.0420. The second-order valence-electron chi connectivity index (χ2n) is 5.21. The van der Waals surface area contributed by atoms with E-state index in [1.807, 2.05) is 12.1 Å². The lowest BCUT2D eigenvalue weighted by atomic mass is 9.93. The highest BCUT2D eigenvalue weighted by Crippen LogP contribution is 2.23. The standard InChI is InChI=1S/C16H24N2O2/c1-5-10-17-15(11(2)3)16(20)13-6-8-14(9-7-13)18-12(4)19/h5-9,11,15-17,20H,1,10H2,2-4H3,(H,18,19). The van der Waals surface area contributed by atoms with Gasteiger partial charge in [0.15, 0.2) is 0 Å². The first kappa shape index (κ1) is 16.4. The number of aliphatic hydroxyl groups is 1. The van der Waals surface area contributed by atoms with Gasteiger partial charge in [0.1, 0.15) is 0 Å². The predicted molar refractivity (Wildman–Crippen MR) is 82.5 cm³/mol. The molecule has 0 radical (unpaired) electrons. The van der Waals surface area contributed by atoms with E-state index in [1.165, 1.54) is 6.92 Å². The summed E-state index contributed by atoms with van der Waals surface area (Å²) in [6.45, 7) is 9.93. The van der Waals surface area contributed by atoms with Gasteiger partial charge in [-0.25, -0.2) is 0 Å². The van der Waals surface area contributed by atoms with Crippen molar-refractivity contribution >= 4 is 11.6 Å². The van der Waals surface area contributed by atoms with Crippen molar-refractivity contribution in [2.24, 2.45) is 5.92 Å². The predicted octanol–water partition coefficient (Wildman–Crippen LogP) is 2.48. The van der Waals surface area contributed by atoms with E-state index in [9.17, 15) is 9.90 Å². The molecule has 3 N–H and O–H groups in total. The SMILES string of the molecule is C=CCNC(C(C)C)C(O)c1ccc(NC(C)=O)cc1. The van der Waals surface area contributed by atoms with Gasteiger partial charge in [0, 0.05) is 25.2 Å². The molecule has 0 aliphatic carbocycles. The van der Waals surface area contributed by atoms with Crippen molar-refractivity contribution < 1.29 is 9.90 Å². The van der Waals surface area contributed by atoms with Crippen molar-refractivity contribution in [3.05, 3.63) is 42.5 Å². The molecule has 0 aliphatic heterocycles. The maximum Gasteiger partial charge on any atom is 0.221 e. The van der Waals surface area contributed by atoms with Gasteiger partial charge in [-0.15, -0.1) is 6.58 Å². The molecule has 0 heterocycles. The van der Waals surface area contributed by atoms with Gasteiger partial charge in [-0.2, -0.15) is 0 Å². The van der Waals surface area contributed by atoms with Crippen molar-refractivity contribution in [3.63, 3.8) is 0 Å². The van der Waals surface area contributed by atoms with Crippen LogP contribution in [0.5, 0.6) is 0 Å². The zero-order chi connectivity index (χ0) is 15.1. The van der Waals surface area contributed by atoms with Crippen LogP contribution in [-0.4, -0.2) is 23.6 Å². The number of carbonyl (C=O) groups is 1. The fraction of sp³-hybridized carbons (Fsp3) is 0.438. The summed E-state index contributed by atoms with van der Waals surface area (Å²) in [6.07, 6.45) is 1.18. The zero-order valence-corrected chi connectivity index (χ0v) is 12.4. The van der Waals surface area contributed by atoms with Crippen LogP contribution in [0.2, 0.25) is 0 Å². The van der Waals surface area contributed by atoms with E-state index in [2.05, 4.69) is 31.1 Å². The summed E-state index contributed by atoms with van der Waals surface area (Å²) in [7, 11) is 0. The molecule has 4 nitrogen and oxygen atoms in total. The van der Waals surface area contributed by atoms with E-state index in [0.29, 0.717) is 12.5 Å². The van der Waals surface area contributed by atoms with Gasteiger partial charge in [0.05, 0.1) is 6.10 Å². The first-order chi connectivity index (χ1) is 9.45. The third kappa shape index (κ3) is 4.79. The highest BCUT2D eigenvalue weighted by molar-refractivity contribution is 5.88. The van der Waals surface area contributed by atoms with Crippen LogP contribution >= 0.6 is 0 Å². The molecule has 2 unspecified atom stereocenters. The van der Waals surface area contributed by atoms with E-state index in [-0.39, 0.29) is 11.9 Å². The van der Waals surface area contributed by atoms with Gasteiger partial charge in [0.25, 0.3) is 0 Å². The molecule has 0 saturated carbocycles. The molecule has 0 aliphatic rings. The molecular weight excluding hydrogens is 252 g/mol. The molecule has 1 amide bonds. The van der Waals surface area contributed by atoms with Gasteiger partial charge < -0.3 is 15.7 Å². The Kier molecular flexibility index (Phi) is 6.42. The second kappa shape index (κ2) is 7.82. The van der Waals surface area contributed by atoms with Crippen LogP contribution in [0, 0.1) is 5.92 Å². The van der Waals surface area contributed by atoms with Crippen LogP contribution < -0.4 is 10.6 Å². The van der Waals surface area contributed by atoms with Gasteiger partial charge >= 0.3 is 0 Å². The van der Waals surface area contributed by atoms with Gasteiger partial charge in [-0.1, -0.05) is 32.1 Å². The highest BCUT2D eigenvalue weighted by atomic mass is 16.3. The molecule has 0 bridgehead atoms. The Morgan fingerprint density at radius 3 is 2.40 bits per heavy atom. The Labute approximate surface area is 120 Å². The molecule has 0 fully saturated rings. The maximum absolute atomic E-state index is 11.0. The summed E-state index contributed by atoms with van der Waals surface area (Å²) in [4.78, 5) is 11.0. The lowest BCUT2D eigenvalue weighted by Crippen LogP contribution is -2.39. The molecule has 0 spiro atoms. The third-order valence-corrected chi connectivity index (χ3v) is 3.13. The lowest BCUT2D eigenvalue weighted by Gasteiger charge is -2.27. The molecule has 0 aromatic heterocycles. The average Bonchev–Trinajstić information content (AvgIpc) is 2.38. The lowest BCUT2D eigenvalue weighted by molar-refractivity contribution is -0.114. The number of benzene rings is 1. The first-order valence-corrected chi connectivity index (χ1v) is 6.85. The fourth-order valence-electron chi connectivity index (χ4n) is 2.11. The number of nitrogens with one attached hydrogen (secondary N) is 2. The quantitative estimate of drug-likeness (QED) is 0.670. The summed E-state index contributed by atoms with van der Waals surface area (Å²) in [6, 6.07) is 7.22. The molecule has 1 aromatic rings. The van der Waals surface area contributed by atoms with Gasteiger partial charge in [-0.3, -0.25) is 4.79 Å². The number of anilines is 1. The summed E-state index contributed by atoms with van der Waals surface area (Å²) >= 11 is 0. The van der Waals surface area contributed by atoms with Crippen molar-refractivity contribution in [3.8, 4) is 0 Å². The fourth-order valence-corrected chi connectivity index (χ4v) is 2.11. The Balaban J connectivity index is 2.80. The summed E-state index contributed by atoms with van der Waals surface area (Å²) in [5.74, 6) is 0.186. The summed E-state index contributed by atoms with van der Waals surface area (Å²) < 4.78 is 0. The number of rotatable bonds is 7. The van der Waals surface area contributed by atoms with E-state index in [4.69, 9.17) is 0 Å². The van der Waals surface area contributed by atoms with Gasteiger partial charge in [0.2, 0.25) is 5.91 Å². The molecule has 2 atom stereocenters. The number of amides is 1. The Bertz CT molecular complexity index is 440. The van der Waals surface area contributed by atoms with Crippen molar-refractivity contribution in [1.29, 1.82) is 0 Å². The maximum atomic E-state index is 11.0. The van der Waals surface area contributed by atoms with E-state index >= 15 is 0 Å². The van der Waals surface area contributed by atoms with E-state index in [0.717, 1.165) is 11.3 Å². The molecule has 4 heteroatoms. The number of hydrogen-bond acceptors (Lipinski definition) is 3. The van der Waals surface area contributed by atoms with Gasteiger partial charge in [-0.05, 0) is 23.6 Å². The average molecular weight is 276 g/mol. The monoisotopic (exact) mass is 276 g/mol. The molecule has 20 heavy (non-hydrogen) atoms. The van der Waals surface area contributed by atoms with Crippen LogP contribution in [0.3, 0.4) is 0 Å². The summed E-state index contributed by atoms with van der Waals surface area (Å²) in [5, 5.41) is 16.4. The molecular formula is C16H24N2O2. The van der Waals surface area contributed by atoms with Crippen LogP contribution in [0.25, 0.3) is 0 Å². The van der Waals surface area contributed by atoms with E-state index in [1.54, 1.807) is 18.2 Å². The minimum Gasteiger partial charge on any atom is -0.387 e. The molecule has 1 aromatic carbocycles. The third-order valence-electron chi connectivity index (χ3n) is 3.13. The van der Waals surface area contributed by atoms with E-state index < -0.39 is 6.10 Å². The normalized spacial score (nSPS) is 13.8. The molecule has 1 rings (SSSR count). The minimum atomic E-state index is -0.596. The van der Waals surface area contributed by atoms with Crippen molar-refractivity contribution in [1.82, 2.24) is 5.32 Å². The van der Waals surface area contributed by atoms with Crippen molar-refractivity contribution in [2.45, 2.75) is 32.9 Å². The smallest absolute Gasteiger partial charge is 0.221 e. The Morgan fingerprint density at radius 1 is 1.35 bits per heavy atom. The topological polar surface area (TPSA) is 61.4 Å². The van der Waals surface area contributed by atoms with Crippen LogP contribution in [-0.2, 0) is 4.79 Å². The largest absolute Gasteiger partial charge is 0.387 e. The zero-order valence-electron chi connectivity index (χ0n) is 12.4.